The number of carbonyl (C=O) groups is 1. The van der Waals surface area contributed by atoms with Crippen molar-refractivity contribution in [3.05, 3.63) is 52.5 Å². The van der Waals surface area contributed by atoms with Crippen molar-refractivity contribution < 1.29 is 13.2 Å². The van der Waals surface area contributed by atoms with Crippen LogP contribution in [-0.2, 0) is 14.8 Å². The number of hydrogen-bond acceptors (Lipinski definition) is 3. The third-order valence-corrected chi connectivity index (χ3v) is 4.99. The smallest absolute Gasteiger partial charge is 0.262 e. The van der Waals surface area contributed by atoms with Gasteiger partial charge in [-0.3, -0.25) is 9.52 Å². The van der Waals surface area contributed by atoms with Gasteiger partial charge in [-0.2, -0.15) is 0 Å². The Bertz CT molecular complexity index is 864. The third kappa shape index (κ3) is 4.24. The minimum atomic E-state index is -3.82. The molecule has 0 aliphatic rings. The predicted molar refractivity (Wildman–Crippen MR) is 92.5 cm³/mol. The van der Waals surface area contributed by atoms with Crippen LogP contribution in [0.1, 0.15) is 18.1 Å². The number of rotatable bonds is 4. The fourth-order valence-corrected chi connectivity index (χ4v) is 3.76. The van der Waals surface area contributed by atoms with Crippen LogP contribution in [0, 0.1) is 13.8 Å². The van der Waals surface area contributed by atoms with Crippen molar-refractivity contribution in [2.45, 2.75) is 25.7 Å². The zero-order valence-electron chi connectivity index (χ0n) is 13.0. The number of halogens is 1. The van der Waals surface area contributed by atoms with Crippen LogP contribution in [-0.4, -0.2) is 14.3 Å². The van der Waals surface area contributed by atoms with Crippen molar-refractivity contribution in [2.24, 2.45) is 0 Å². The molecule has 122 valence electrons. The number of sulfonamides is 1. The molecular formula is C16H17ClN2O3S. The minimum Gasteiger partial charge on any atom is -0.326 e. The molecule has 1 amide bonds. The van der Waals surface area contributed by atoms with E-state index in [4.69, 9.17) is 11.6 Å². The van der Waals surface area contributed by atoms with E-state index in [2.05, 4.69) is 10.0 Å². The molecule has 0 unspecified atom stereocenters. The lowest BCUT2D eigenvalue weighted by atomic mass is 10.2. The summed E-state index contributed by atoms with van der Waals surface area (Å²) >= 11 is 6.08. The number of amides is 1. The maximum atomic E-state index is 12.6. The molecule has 0 spiro atoms. The Morgan fingerprint density at radius 2 is 1.78 bits per heavy atom. The van der Waals surface area contributed by atoms with Gasteiger partial charge in [-0.15, -0.1) is 0 Å². The van der Waals surface area contributed by atoms with Gasteiger partial charge >= 0.3 is 0 Å². The second kappa shape index (κ2) is 6.60. The lowest BCUT2D eigenvalue weighted by Gasteiger charge is -2.13. The first-order valence-corrected chi connectivity index (χ1v) is 8.72. The molecule has 0 saturated heterocycles. The van der Waals surface area contributed by atoms with Gasteiger partial charge in [0, 0.05) is 12.6 Å². The maximum Gasteiger partial charge on any atom is 0.262 e. The average Bonchev–Trinajstić information content (AvgIpc) is 2.43. The molecule has 0 aromatic heterocycles. The second-order valence-corrected chi connectivity index (χ2v) is 7.31. The first-order chi connectivity index (χ1) is 10.7. The van der Waals surface area contributed by atoms with Crippen LogP contribution in [0.25, 0.3) is 0 Å². The number of hydrogen-bond donors (Lipinski definition) is 2. The van der Waals surface area contributed by atoms with Gasteiger partial charge in [0.25, 0.3) is 10.0 Å². The van der Waals surface area contributed by atoms with E-state index in [1.54, 1.807) is 37.3 Å². The number of anilines is 2. The standard InChI is InChI=1S/C16H17ClN2O3S/c1-10-4-7-15(14(17)8-10)19-23(21,22)16-9-13(18-12(3)20)6-5-11(16)2/h4-9,19H,1-3H3,(H,18,20). The highest BCUT2D eigenvalue weighted by atomic mass is 35.5. The van der Waals surface area contributed by atoms with Crippen molar-refractivity contribution in [3.8, 4) is 0 Å². The highest BCUT2D eigenvalue weighted by molar-refractivity contribution is 7.92. The summed E-state index contributed by atoms with van der Waals surface area (Å²) in [5, 5.41) is 2.89. The molecule has 2 rings (SSSR count). The van der Waals surface area contributed by atoms with Gasteiger partial charge in [0.1, 0.15) is 0 Å². The Kier molecular flexibility index (Phi) is 4.97. The largest absolute Gasteiger partial charge is 0.326 e. The topological polar surface area (TPSA) is 75.3 Å². The molecular weight excluding hydrogens is 336 g/mol. The Morgan fingerprint density at radius 3 is 2.39 bits per heavy atom. The normalized spacial score (nSPS) is 11.1. The molecule has 0 fully saturated rings. The zero-order valence-corrected chi connectivity index (χ0v) is 14.5. The number of nitrogens with one attached hydrogen (secondary N) is 2. The summed E-state index contributed by atoms with van der Waals surface area (Å²) in [7, 11) is -3.82. The molecule has 0 radical (unpaired) electrons. The predicted octanol–water partition coefficient (Wildman–Crippen LogP) is 3.72. The molecule has 23 heavy (non-hydrogen) atoms. The molecule has 0 bridgehead atoms. The van der Waals surface area contributed by atoms with Crippen LogP contribution < -0.4 is 10.0 Å². The summed E-state index contributed by atoms with van der Waals surface area (Å²) in [6.07, 6.45) is 0. The van der Waals surface area contributed by atoms with Crippen molar-refractivity contribution in [3.63, 3.8) is 0 Å². The van der Waals surface area contributed by atoms with Crippen LogP contribution in [0.4, 0.5) is 11.4 Å². The Hall–Kier alpha value is -2.05. The van der Waals surface area contributed by atoms with E-state index in [1.807, 2.05) is 6.92 Å². The SMILES string of the molecule is CC(=O)Nc1ccc(C)c(S(=O)(=O)Nc2ccc(C)cc2Cl)c1. The molecule has 2 aromatic rings. The Balaban J connectivity index is 2.40. The van der Waals surface area contributed by atoms with E-state index in [0.29, 0.717) is 22.0 Å². The minimum absolute atomic E-state index is 0.0837. The van der Waals surface area contributed by atoms with Gasteiger partial charge in [-0.1, -0.05) is 23.7 Å². The molecule has 0 atom stereocenters. The van der Waals surface area contributed by atoms with E-state index in [-0.39, 0.29) is 10.8 Å². The number of aryl methyl sites for hydroxylation is 2. The fourth-order valence-electron chi connectivity index (χ4n) is 2.07. The van der Waals surface area contributed by atoms with E-state index in [9.17, 15) is 13.2 Å². The van der Waals surface area contributed by atoms with Crippen molar-refractivity contribution >= 4 is 38.9 Å². The van der Waals surface area contributed by atoms with Crippen LogP contribution in [0.2, 0.25) is 5.02 Å². The molecule has 2 aromatic carbocycles. The highest BCUT2D eigenvalue weighted by Crippen LogP contribution is 2.27. The molecule has 0 aliphatic heterocycles. The molecule has 0 saturated carbocycles. The summed E-state index contributed by atoms with van der Waals surface area (Å²) in [6, 6.07) is 9.76. The van der Waals surface area contributed by atoms with Gasteiger partial charge < -0.3 is 5.32 Å². The van der Waals surface area contributed by atoms with Crippen molar-refractivity contribution in [2.75, 3.05) is 10.0 Å². The quantitative estimate of drug-likeness (QED) is 0.880. The van der Waals surface area contributed by atoms with Crippen molar-refractivity contribution in [1.82, 2.24) is 0 Å². The van der Waals surface area contributed by atoms with Gasteiger partial charge in [0.05, 0.1) is 15.6 Å². The second-order valence-electron chi connectivity index (χ2n) is 5.25. The number of carbonyl (C=O) groups excluding carboxylic acids is 1. The summed E-state index contributed by atoms with van der Waals surface area (Å²) in [5.41, 5.74) is 2.22. The van der Waals surface area contributed by atoms with Crippen molar-refractivity contribution in [1.29, 1.82) is 0 Å². The lowest BCUT2D eigenvalue weighted by Crippen LogP contribution is -2.15. The van der Waals surface area contributed by atoms with E-state index in [0.717, 1.165) is 5.56 Å². The van der Waals surface area contributed by atoms with Gasteiger partial charge in [-0.25, -0.2) is 8.42 Å². The van der Waals surface area contributed by atoms with Gasteiger partial charge in [0.2, 0.25) is 5.91 Å². The fraction of sp³-hybridized carbons (Fsp3) is 0.188. The average molecular weight is 353 g/mol. The molecule has 0 aliphatic carbocycles. The van der Waals surface area contributed by atoms with E-state index >= 15 is 0 Å². The summed E-state index contributed by atoms with van der Waals surface area (Å²) in [5.74, 6) is -0.272. The molecule has 2 N–H and O–H groups in total. The molecule has 5 nitrogen and oxygen atoms in total. The van der Waals surface area contributed by atoms with Crippen LogP contribution in [0.15, 0.2) is 41.3 Å². The molecule has 0 heterocycles. The van der Waals surface area contributed by atoms with Crippen LogP contribution >= 0.6 is 11.6 Å². The first-order valence-electron chi connectivity index (χ1n) is 6.86. The Labute approximate surface area is 140 Å². The highest BCUT2D eigenvalue weighted by Gasteiger charge is 2.19. The zero-order chi connectivity index (χ0) is 17.2. The first kappa shape index (κ1) is 17.3. The van der Waals surface area contributed by atoms with Crippen LogP contribution in [0.5, 0.6) is 0 Å². The van der Waals surface area contributed by atoms with Gasteiger partial charge in [0.15, 0.2) is 0 Å². The summed E-state index contributed by atoms with van der Waals surface area (Å²) in [4.78, 5) is 11.2. The summed E-state index contributed by atoms with van der Waals surface area (Å²) in [6.45, 7) is 4.91. The van der Waals surface area contributed by atoms with E-state index < -0.39 is 10.0 Å². The van der Waals surface area contributed by atoms with Gasteiger partial charge in [-0.05, 0) is 49.2 Å². The monoisotopic (exact) mass is 352 g/mol. The maximum absolute atomic E-state index is 12.6. The lowest BCUT2D eigenvalue weighted by molar-refractivity contribution is -0.114. The number of benzene rings is 2. The molecule has 7 heteroatoms. The Morgan fingerprint density at radius 1 is 1.09 bits per heavy atom. The summed E-state index contributed by atoms with van der Waals surface area (Å²) < 4.78 is 27.7. The third-order valence-electron chi connectivity index (χ3n) is 3.17. The van der Waals surface area contributed by atoms with Crippen LogP contribution in [0.3, 0.4) is 0 Å². The van der Waals surface area contributed by atoms with E-state index in [1.165, 1.54) is 13.0 Å².